The topological polar surface area (TPSA) is 55.1 Å². The molecule has 2 rings (SSSR count). The molecular formula is C16H17FN2OS. The molecule has 110 valence electrons. The second kappa shape index (κ2) is 7.13. The van der Waals surface area contributed by atoms with Crippen molar-refractivity contribution in [1.29, 1.82) is 0 Å². The van der Waals surface area contributed by atoms with E-state index < -0.39 is 0 Å². The molecular weight excluding hydrogens is 287 g/mol. The summed E-state index contributed by atoms with van der Waals surface area (Å²) in [5.74, 6) is -0.209. The molecule has 0 heterocycles. The van der Waals surface area contributed by atoms with E-state index in [1.165, 1.54) is 17.8 Å². The summed E-state index contributed by atoms with van der Waals surface area (Å²) >= 11 is 1.38. The van der Waals surface area contributed by atoms with E-state index >= 15 is 0 Å². The number of anilines is 1. The molecule has 0 bridgehead atoms. The molecule has 5 heteroatoms. The van der Waals surface area contributed by atoms with Gasteiger partial charge >= 0.3 is 0 Å². The predicted molar refractivity (Wildman–Crippen MR) is 84.6 cm³/mol. The molecule has 0 saturated heterocycles. The van der Waals surface area contributed by atoms with Gasteiger partial charge in [0.05, 0.1) is 5.75 Å². The summed E-state index contributed by atoms with van der Waals surface area (Å²) in [6.07, 6.45) is 0. The minimum Gasteiger partial charge on any atom is -0.398 e. The molecule has 2 aromatic rings. The Morgan fingerprint density at radius 1 is 1.29 bits per heavy atom. The van der Waals surface area contributed by atoms with Crippen LogP contribution in [0.25, 0.3) is 0 Å². The Labute approximate surface area is 127 Å². The number of halogens is 1. The van der Waals surface area contributed by atoms with E-state index in [2.05, 4.69) is 5.32 Å². The van der Waals surface area contributed by atoms with Crippen LogP contribution in [-0.4, -0.2) is 11.7 Å². The molecule has 0 aliphatic heterocycles. The third kappa shape index (κ3) is 4.49. The van der Waals surface area contributed by atoms with E-state index in [4.69, 9.17) is 5.73 Å². The normalized spacial score (nSPS) is 10.4. The maximum atomic E-state index is 13.4. The van der Waals surface area contributed by atoms with Crippen molar-refractivity contribution in [3.05, 3.63) is 59.4 Å². The lowest BCUT2D eigenvalue weighted by Gasteiger charge is -2.08. The molecule has 0 radical (unpaired) electrons. The average molecular weight is 304 g/mol. The van der Waals surface area contributed by atoms with Crippen molar-refractivity contribution in [1.82, 2.24) is 5.32 Å². The van der Waals surface area contributed by atoms with Gasteiger partial charge in [-0.2, -0.15) is 0 Å². The Hall–Kier alpha value is -2.01. The number of carbonyl (C=O) groups excluding carboxylic acids is 1. The number of hydrogen-bond acceptors (Lipinski definition) is 3. The van der Waals surface area contributed by atoms with Crippen LogP contribution in [0.3, 0.4) is 0 Å². The Bertz CT molecular complexity index is 646. The van der Waals surface area contributed by atoms with Gasteiger partial charge in [0.15, 0.2) is 0 Å². The van der Waals surface area contributed by atoms with E-state index in [1.54, 1.807) is 18.2 Å². The highest BCUT2D eigenvalue weighted by Gasteiger charge is 2.07. The van der Waals surface area contributed by atoms with Crippen LogP contribution in [0.2, 0.25) is 0 Å². The zero-order chi connectivity index (χ0) is 15.2. The van der Waals surface area contributed by atoms with E-state index in [-0.39, 0.29) is 24.0 Å². The van der Waals surface area contributed by atoms with Crippen molar-refractivity contribution in [3.8, 4) is 0 Å². The predicted octanol–water partition coefficient (Wildman–Crippen LogP) is 3.12. The lowest BCUT2D eigenvalue weighted by Crippen LogP contribution is -2.25. The van der Waals surface area contributed by atoms with Gasteiger partial charge in [0, 0.05) is 22.7 Å². The van der Waals surface area contributed by atoms with Gasteiger partial charge in [-0.25, -0.2) is 4.39 Å². The van der Waals surface area contributed by atoms with E-state index in [0.29, 0.717) is 11.3 Å². The largest absolute Gasteiger partial charge is 0.398 e. The fraction of sp³-hybridized carbons (Fsp3) is 0.188. The first kappa shape index (κ1) is 15.4. The van der Waals surface area contributed by atoms with Gasteiger partial charge in [-0.3, -0.25) is 4.79 Å². The van der Waals surface area contributed by atoms with Gasteiger partial charge in [0.2, 0.25) is 5.91 Å². The minimum absolute atomic E-state index is 0.149. The molecule has 3 N–H and O–H groups in total. The van der Waals surface area contributed by atoms with Crippen LogP contribution in [0.1, 0.15) is 11.1 Å². The number of thioether (sulfide) groups is 1. The zero-order valence-corrected chi connectivity index (χ0v) is 12.5. The third-order valence-electron chi connectivity index (χ3n) is 2.96. The highest BCUT2D eigenvalue weighted by atomic mass is 32.2. The summed E-state index contributed by atoms with van der Waals surface area (Å²) in [7, 11) is 0. The lowest BCUT2D eigenvalue weighted by molar-refractivity contribution is -0.118. The van der Waals surface area contributed by atoms with Gasteiger partial charge in [-0.05, 0) is 30.7 Å². The average Bonchev–Trinajstić information content (AvgIpc) is 2.47. The number of nitrogen functional groups attached to an aromatic ring is 1. The van der Waals surface area contributed by atoms with Gasteiger partial charge < -0.3 is 11.1 Å². The van der Waals surface area contributed by atoms with E-state index in [1.807, 2.05) is 25.1 Å². The number of carbonyl (C=O) groups is 1. The van der Waals surface area contributed by atoms with Crippen LogP contribution in [0, 0.1) is 12.7 Å². The summed E-state index contributed by atoms with van der Waals surface area (Å²) in [4.78, 5) is 12.7. The smallest absolute Gasteiger partial charge is 0.230 e. The number of rotatable bonds is 5. The van der Waals surface area contributed by atoms with Crippen LogP contribution in [0.4, 0.5) is 10.1 Å². The van der Waals surface area contributed by atoms with E-state index in [9.17, 15) is 9.18 Å². The summed E-state index contributed by atoms with van der Waals surface area (Å²) < 4.78 is 13.4. The molecule has 0 aliphatic rings. The van der Waals surface area contributed by atoms with E-state index in [0.717, 1.165) is 10.5 Å². The van der Waals surface area contributed by atoms with Crippen molar-refractivity contribution in [2.24, 2.45) is 0 Å². The summed E-state index contributed by atoms with van der Waals surface area (Å²) in [5.41, 5.74) is 8.09. The van der Waals surface area contributed by atoms with Gasteiger partial charge in [0.1, 0.15) is 5.82 Å². The first-order valence-corrected chi connectivity index (χ1v) is 7.54. The van der Waals surface area contributed by atoms with Gasteiger partial charge in [0.25, 0.3) is 0 Å². The summed E-state index contributed by atoms with van der Waals surface area (Å²) in [6.45, 7) is 2.16. The first-order chi connectivity index (χ1) is 10.1. The monoisotopic (exact) mass is 304 g/mol. The van der Waals surface area contributed by atoms with Crippen molar-refractivity contribution in [3.63, 3.8) is 0 Å². The molecule has 2 aromatic carbocycles. The number of nitrogens with two attached hydrogens (primary N) is 1. The molecule has 0 fully saturated rings. The van der Waals surface area contributed by atoms with Crippen LogP contribution in [-0.2, 0) is 11.3 Å². The van der Waals surface area contributed by atoms with Gasteiger partial charge in [-0.1, -0.05) is 24.3 Å². The second-order valence-corrected chi connectivity index (χ2v) is 5.72. The van der Waals surface area contributed by atoms with Crippen molar-refractivity contribution >= 4 is 23.4 Å². The maximum absolute atomic E-state index is 13.4. The van der Waals surface area contributed by atoms with Crippen LogP contribution < -0.4 is 11.1 Å². The number of nitrogens with one attached hydrogen (secondary N) is 1. The van der Waals surface area contributed by atoms with Gasteiger partial charge in [-0.15, -0.1) is 11.8 Å². The Balaban J connectivity index is 1.85. The minimum atomic E-state index is -0.312. The standard InChI is InChI=1S/C16H17FN2OS/c1-11-6-7-14(18)15(8-11)21-10-16(20)19-9-12-4-2-3-5-13(12)17/h2-8H,9-10,18H2,1H3,(H,19,20). The fourth-order valence-electron chi connectivity index (χ4n) is 1.80. The molecule has 0 aromatic heterocycles. The lowest BCUT2D eigenvalue weighted by atomic mass is 10.2. The zero-order valence-electron chi connectivity index (χ0n) is 11.7. The Kier molecular flexibility index (Phi) is 5.22. The summed E-state index contributed by atoms with van der Waals surface area (Å²) in [5, 5.41) is 2.70. The van der Waals surface area contributed by atoms with Crippen molar-refractivity contribution < 1.29 is 9.18 Å². The van der Waals surface area contributed by atoms with Crippen LogP contribution >= 0.6 is 11.8 Å². The number of benzene rings is 2. The van der Waals surface area contributed by atoms with Crippen molar-refractivity contribution in [2.75, 3.05) is 11.5 Å². The number of aryl methyl sites for hydroxylation is 1. The highest BCUT2D eigenvalue weighted by Crippen LogP contribution is 2.25. The molecule has 21 heavy (non-hydrogen) atoms. The molecule has 0 saturated carbocycles. The fourth-order valence-corrected chi connectivity index (χ4v) is 2.69. The molecule has 0 aliphatic carbocycles. The SMILES string of the molecule is Cc1ccc(N)c(SCC(=O)NCc2ccccc2F)c1. The molecule has 0 spiro atoms. The number of amides is 1. The quantitative estimate of drug-likeness (QED) is 0.659. The van der Waals surface area contributed by atoms with Crippen LogP contribution in [0.15, 0.2) is 47.4 Å². The molecule has 3 nitrogen and oxygen atoms in total. The Morgan fingerprint density at radius 2 is 2.05 bits per heavy atom. The van der Waals surface area contributed by atoms with Crippen molar-refractivity contribution in [2.45, 2.75) is 18.4 Å². The highest BCUT2D eigenvalue weighted by molar-refractivity contribution is 8.00. The summed E-state index contributed by atoms with van der Waals surface area (Å²) in [6, 6.07) is 12.1. The number of hydrogen-bond donors (Lipinski definition) is 2. The van der Waals surface area contributed by atoms with Crippen LogP contribution in [0.5, 0.6) is 0 Å². The second-order valence-electron chi connectivity index (χ2n) is 4.70. The Morgan fingerprint density at radius 3 is 2.81 bits per heavy atom. The molecule has 1 amide bonds. The molecule has 0 unspecified atom stereocenters. The first-order valence-electron chi connectivity index (χ1n) is 6.55. The third-order valence-corrected chi connectivity index (χ3v) is 4.03. The maximum Gasteiger partial charge on any atom is 0.230 e. The molecule has 0 atom stereocenters.